The molecule has 124 valence electrons. The first-order valence-electron chi connectivity index (χ1n) is 7.45. The molecule has 0 saturated carbocycles. The highest BCUT2D eigenvalue weighted by atomic mass is 32.1. The molecule has 3 rings (SSSR count). The minimum absolute atomic E-state index is 0.155. The molecule has 0 unspecified atom stereocenters. The Morgan fingerprint density at radius 1 is 1.25 bits per heavy atom. The molecule has 1 N–H and O–H groups in total. The van der Waals surface area contributed by atoms with Crippen molar-refractivity contribution in [1.29, 1.82) is 0 Å². The largest absolute Gasteiger partial charge is 0.344 e. The van der Waals surface area contributed by atoms with Crippen LogP contribution in [0.5, 0.6) is 0 Å². The highest BCUT2D eigenvalue weighted by Gasteiger charge is 2.14. The van der Waals surface area contributed by atoms with Crippen LogP contribution in [0.25, 0.3) is 11.1 Å². The number of hydrogen-bond acceptors (Lipinski definition) is 4. The maximum Gasteiger partial charge on any atom is 0.261 e. The number of carbonyl (C=O) groups excluding carboxylic acids is 1. The Bertz CT molecular complexity index is 883. The van der Waals surface area contributed by atoms with Gasteiger partial charge in [-0.05, 0) is 43.2 Å². The van der Waals surface area contributed by atoms with Gasteiger partial charge >= 0.3 is 0 Å². The third kappa shape index (κ3) is 3.21. The second-order valence-corrected chi connectivity index (χ2v) is 6.75. The van der Waals surface area contributed by atoms with E-state index in [4.69, 9.17) is 0 Å². The van der Waals surface area contributed by atoms with Gasteiger partial charge in [0.15, 0.2) is 5.82 Å². The molecule has 24 heavy (non-hydrogen) atoms. The van der Waals surface area contributed by atoms with Gasteiger partial charge in [0.05, 0.1) is 11.4 Å². The first-order chi connectivity index (χ1) is 11.5. The van der Waals surface area contributed by atoms with Crippen molar-refractivity contribution in [2.24, 2.45) is 7.05 Å². The molecule has 0 aliphatic carbocycles. The summed E-state index contributed by atoms with van der Waals surface area (Å²) in [6, 6.07) is 8.11. The second kappa shape index (κ2) is 6.52. The number of nitrogens with zero attached hydrogens (tertiary/aromatic N) is 3. The van der Waals surface area contributed by atoms with E-state index in [0.29, 0.717) is 17.2 Å². The summed E-state index contributed by atoms with van der Waals surface area (Å²) in [6.45, 7) is 4.13. The third-order valence-electron chi connectivity index (χ3n) is 3.89. The molecule has 0 saturated heterocycles. The number of aryl methyl sites for hydroxylation is 2. The van der Waals surface area contributed by atoms with Crippen molar-refractivity contribution >= 4 is 17.2 Å². The van der Waals surface area contributed by atoms with Gasteiger partial charge in [-0.15, -0.1) is 21.5 Å². The van der Waals surface area contributed by atoms with E-state index in [2.05, 4.69) is 15.5 Å². The average molecular weight is 344 g/mol. The highest BCUT2D eigenvalue weighted by molar-refractivity contribution is 7.14. The first kappa shape index (κ1) is 16.3. The number of aromatic nitrogens is 3. The Hall–Kier alpha value is -2.54. The first-order valence-corrected chi connectivity index (χ1v) is 8.27. The highest BCUT2D eigenvalue weighted by Crippen LogP contribution is 2.31. The van der Waals surface area contributed by atoms with Crippen LogP contribution in [-0.2, 0) is 13.6 Å². The molecule has 0 atom stereocenters. The molecule has 0 fully saturated rings. The lowest BCUT2D eigenvalue weighted by Gasteiger charge is -2.03. The van der Waals surface area contributed by atoms with Crippen LogP contribution >= 0.6 is 11.3 Å². The van der Waals surface area contributed by atoms with E-state index in [0.717, 1.165) is 21.8 Å². The Labute approximate surface area is 143 Å². The molecule has 2 heterocycles. The summed E-state index contributed by atoms with van der Waals surface area (Å²) in [4.78, 5) is 14.0. The monoisotopic (exact) mass is 344 g/mol. The van der Waals surface area contributed by atoms with Crippen molar-refractivity contribution in [2.45, 2.75) is 20.4 Å². The van der Waals surface area contributed by atoms with Crippen LogP contribution in [0.15, 0.2) is 30.3 Å². The van der Waals surface area contributed by atoms with E-state index in [1.807, 2.05) is 31.5 Å². The van der Waals surface area contributed by atoms with E-state index in [-0.39, 0.29) is 11.7 Å². The number of amides is 1. The molecule has 0 spiro atoms. The minimum Gasteiger partial charge on any atom is -0.344 e. The second-order valence-electron chi connectivity index (χ2n) is 5.49. The zero-order chi connectivity index (χ0) is 17.3. The fraction of sp³-hybridized carbons (Fsp3) is 0.235. The van der Waals surface area contributed by atoms with Gasteiger partial charge in [0, 0.05) is 11.9 Å². The smallest absolute Gasteiger partial charge is 0.261 e. The molecular formula is C17H17FN4OS. The van der Waals surface area contributed by atoms with Crippen LogP contribution in [0.4, 0.5) is 4.39 Å². The molecule has 7 heteroatoms. The lowest BCUT2D eigenvalue weighted by atomic mass is 10.1. The molecule has 3 aromatic rings. The van der Waals surface area contributed by atoms with E-state index in [1.165, 1.54) is 23.5 Å². The minimum atomic E-state index is -0.274. The summed E-state index contributed by atoms with van der Waals surface area (Å²) in [6.07, 6.45) is 0. The van der Waals surface area contributed by atoms with E-state index in [1.54, 1.807) is 12.1 Å². The quantitative estimate of drug-likeness (QED) is 0.790. The predicted molar refractivity (Wildman–Crippen MR) is 91.4 cm³/mol. The molecule has 0 radical (unpaired) electrons. The summed E-state index contributed by atoms with van der Waals surface area (Å²) in [5.74, 6) is 1.07. The fourth-order valence-electron chi connectivity index (χ4n) is 2.36. The van der Waals surface area contributed by atoms with Gasteiger partial charge in [0.2, 0.25) is 0 Å². The van der Waals surface area contributed by atoms with E-state index in [9.17, 15) is 9.18 Å². The molecule has 5 nitrogen and oxygen atoms in total. The molecule has 1 amide bonds. The van der Waals surface area contributed by atoms with Crippen molar-refractivity contribution in [3.05, 3.63) is 57.6 Å². The molecular weight excluding hydrogens is 327 g/mol. The number of rotatable bonds is 4. The number of benzene rings is 1. The number of nitrogens with one attached hydrogen (secondary N) is 1. The van der Waals surface area contributed by atoms with Crippen molar-refractivity contribution < 1.29 is 9.18 Å². The molecule has 1 aromatic carbocycles. The molecule has 0 aliphatic rings. The van der Waals surface area contributed by atoms with Crippen LogP contribution in [0.1, 0.15) is 26.2 Å². The van der Waals surface area contributed by atoms with Crippen molar-refractivity contribution in [2.75, 3.05) is 0 Å². The molecule has 2 aromatic heterocycles. The number of hydrogen-bond donors (Lipinski definition) is 1. The zero-order valence-corrected chi connectivity index (χ0v) is 14.4. The van der Waals surface area contributed by atoms with Crippen molar-refractivity contribution in [1.82, 2.24) is 20.1 Å². The molecule has 0 aliphatic heterocycles. The normalized spacial score (nSPS) is 10.8. The Morgan fingerprint density at radius 3 is 2.58 bits per heavy atom. The van der Waals surface area contributed by atoms with E-state index < -0.39 is 0 Å². The predicted octanol–water partition coefficient (Wildman–Crippen LogP) is 3.23. The summed E-state index contributed by atoms with van der Waals surface area (Å²) in [5.41, 5.74) is 1.84. The van der Waals surface area contributed by atoms with Gasteiger partial charge < -0.3 is 9.88 Å². The lowest BCUT2D eigenvalue weighted by Crippen LogP contribution is -2.23. The van der Waals surface area contributed by atoms with Crippen LogP contribution in [0, 0.1) is 19.7 Å². The van der Waals surface area contributed by atoms with Gasteiger partial charge in [0.25, 0.3) is 5.91 Å². The topological polar surface area (TPSA) is 59.8 Å². The van der Waals surface area contributed by atoms with Crippen LogP contribution in [-0.4, -0.2) is 20.7 Å². The maximum atomic E-state index is 13.1. The van der Waals surface area contributed by atoms with Crippen LogP contribution in [0.2, 0.25) is 0 Å². The van der Waals surface area contributed by atoms with Gasteiger partial charge in [0.1, 0.15) is 11.6 Å². The summed E-state index contributed by atoms with van der Waals surface area (Å²) >= 11 is 1.42. The van der Waals surface area contributed by atoms with E-state index >= 15 is 0 Å². The standard InChI is InChI=1S/C17H17FN4OS/c1-10-14(12-4-6-13(18)7-5-12)8-15(24-10)17(23)19-9-16-21-20-11(2)22(16)3/h4-8H,9H2,1-3H3,(H,19,23). The summed E-state index contributed by atoms with van der Waals surface area (Å²) < 4.78 is 14.9. The Morgan fingerprint density at radius 2 is 1.96 bits per heavy atom. The number of halogens is 1. The van der Waals surface area contributed by atoms with Gasteiger partial charge in [-0.25, -0.2) is 4.39 Å². The zero-order valence-electron chi connectivity index (χ0n) is 13.6. The number of carbonyl (C=O) groups is 1. The maximum absolute atomic E-state index is 13.1. The fourth-order valence-corrected chi connectivity index (χ4v) is 3.32. The number of thiophene rings is 1. The molecule has 0 bridgehead atoms. The Balaban J connectivity index is 1.75. The third-order valence-corrected chi connectivity index (χ3v) is 4.94. The summed E-state index contributed by atoms with van der Waals surface area (Å²) in [5, 5.41) is 10.8. The van der Waals surface area contributed by atoms with Crippen LogP contribution < -0.4 is 5.32 Å². The lowest BCUT2D eigenvalue weighted by molar-refractivity contribution is 0.0953. The average Bonchev–Trinajstić information content (AvgIpc) is 3.10. The SMILES string of the molecule is Cc1sc(C(=O)NCc2nnc(C)n2C)cc1-c1ccc(F)cc1. The Kier molecular flexibility index (Phi) is 4.44. The van der Waals surface area contributed by atoms with Crippen molar-refractivity contribution in [3.8, 4) is 11.1 Å². The van der Waals surface area contributed by atoms with Gasteiger partial charge in [-0.2, -0.15) is 0 Å². The summed E-state index contributed by atoms with van der Waals surface area (Å²) in [7, 11) is 1.86. The van der Waals surface area contributed by atoms with Gasteiger partial charge in [-0.3, -0.25) is 4.79 Å². The van der Waals surface area contributed by atoms with Gasteiger partial charge in [-0.1, -0.05) is 12.1 Å². The van der Waals surface area contributed by atoms with Crippen LogP contribution in [0.3, 0.4) is 0 Å². The van der Waals surface area contributed by atoms with Crippen molar-refractivity contribution in [3.63, 3.8) is 0 Å².